The summed E-state index contributed by atoms with van der Waals surface area (Å²) in [5.74, 6) is -3.79. The van der Waals surface area contributed by atoms with Crippen LogP contribution >= 0.6 is 0 Å². The first-order valence-electron chi connectivity index (χ1n) is 24.0. The van der Waals surface area contributed by atoms with Crippen molar-refractivity contribution in [2.75, 3.05) is 19.6 Å². The number of nitrogens with one attached hydrogen (secondary N) is 6. The monoisotopic (exact) mass is 980 g/mol. The first-order chi connectivity index (χ1) is 32.5. The second-order valence-electron chi connectivity index (χ2n) is 21.1. The van der Waals surface area contributed by atoms with Crippen LogP contribution in [0.15, 0.2) is 60.7 Å². The number of ether oxygens (including phenoxy) is 3. The lowest BCUT2D eigenvalue weighted by Gasteiger charge is -2.40. The summed E-state index contributed by atoms with van der Waals surface area (Å²) in [6, 6.07) is 13.6. The number of alkyl carbamates (subject to hydrolysis) is 3. The van der Waals surface area contributed by atoms with Crippen molar-refractivity contribution in [3.63, 3.8) is 0 Å². The van der Waals surface area contributed by atoms with Gasteiger partial charge in [-0.2, -0.15) is 0 Å². The molecule has 70 heavy (non-hydrogen) atoms. The molecule has 1 heterocycles. The SMILES string of the molecule is CC(C)CC(NC(=O)C(Cc1ccccc1)NC(=O)CC(NC(=O)OC(C)(C)C)c1ccccc1)C(=O)NC(CCCCNC(=O)OC(C)(C)C)C(=O)N1CCC(NC(=O)OC(C)(C)C)(C(=O)O)CC1. The summed E-state index contributed by atoms with van der Waals surface area (Å²) in [4.78, 5) is 109. The standard InChI is InChI=1S/C51H77N7O12/c1-33(2)30-38(55-42(61)39(31-34-20-14-12-15-21-34)53-40(59)32-37(35-22-16-13-17-23-35)56-46(66)69-49(6,7)8)41(60)54-36(24-18-19-27-52-45(65)68-48(3,4)5)43(62)58-28-25-51(26-29-58,44(63)64)57-47(67)70-50(9,10)11/h12-17,20-23,33,36-39H,18-19,24-32H2,1-11H3,(H,52,65)(H,53,59)(H,54,60)(H,55,61)(H,56,66)(H,57,67)(H,63,64). The molecule has 0 bridgehead atoms. The highest BCUT2D eigenvalue weighted by atomic mass is 16.6. The number of carboxylic acids is 1. The zero-order chi connectivity index (χ0) is 52.5. The Morgan fingerprint density at radius 3 is 1.70 bits per heavy atom. The third-order valence-corrected chi connectivity index (χ3v) is 10.8. The molecule has 2 aromatic carbocycles. The highest BCUT2D eigenvalue weighted by Gasteiger charge is 2.45. The maximum atomic E-state index is 14.4. The summed E-state index contributed by atoms with van der Waals surface area (Å²) in [5.41, 5.74) is -2.74. The van der Waals surface area contributed by atoms with Crippen molar-refractivity contribution < 1.29 is 57.7 Å². The van der Waals surface area contributed by atoms with Gasteiger partial charge in [0, 0.05) is 26.1 Å². The first kappa shape index (κ1) is 57.9. The topological polar surface area (TPSA) is 260 Å². The molecule has 1 saturated heterocycles. The predicted molar refractivity (Wildman–Crippen MR) is 262 cm³/mol. The average molecular weight is 980 g/mol. The Kier molecular flexibility index (Phi) is 21.5. The Hall–Kier alpha value is -6.40. The van der Waals surface area contributed by atoms with E-state index in [4.69, 9.17) is 14.2 Å². The number of piperidine rings is 1. The Bertz CT molecular complexity index is 2070. The van der Waals surface area contributed by atoms with Crippen LogP contribution in [0, 0.1) is 5.92 Å². The van der Waals surface area contributed by atoms with Crippen LogP contribution in [0.25, 0.3) is 0 Å². The van der Waals surface area contributed by atoms with E-state index in [-0.39, 0.29) is 64.1 Å². The van der Waals surface area contributed by atoms with Crippen LogP contribution in [0.1, 0.15) is 138 Å². The largest absolute Gasteiger partial charge is 0.480 e. The van der Waals surface area contributed by atoms with Crippen molar-refractivity contribution in [3.8, 4) is 0 Å². The van der Waals surface area contributed by atoms with E-state index in [1.165, 1.54) is 4.90 Å². The smallest absolute Gasteiger partial charge is 0.408 e. The summed E-state index contributed by atoms with van der Waals surface area (Å²) in [6.07, 6.45) is -1.68. The van der Waals surface area contributed by atoms with Crippen LogP contribution < -0.4 is 31.9 Å². The number of nitrogens with zero attached hydrogens (tertiary/aromatic N) is 1. The van der Waals surface area contributed by atoms with Gasteiger partial charge in [0.25, 0.3) is 0 Å². The number of aliphatic carboxylic acids is 1. The second-order valence-corrected chi connectivity index (χ2v) is 21.1. The number of carbonyl (C=O) groups excluding carboxylic acids is 7. The molecule has 1 fully saturated rings. The van der Waals surface area contributed by atoms with Crippen molar-refractivity contribution in [1.82, 2.24) is 36.8 Å². The predicted octanol–water partition coefficient (Wildman–Crippen LogP) is 6.05. The molecule has 0 aliphatic carbocycles. The van der Waals surface area contributed by atoms with Gasteiger partial charge >= 0.3 is 24.2 Å². The van der Waals surface area contributed by atoms with E-state index in [0.717, 1.165) is 5.56 Å². The fourth-order valence-corrected chi connectivity index (χ4v) is 7.59. The lowest BCUT2D eigenvalue weighted by atomic mass is 9.87. The number of amides is 7. The summed E-state index contributed by atoms with van der Waals surface area (Å²) in [7, 11) is 0. The number of hydrogen-bond donors (Lipinski definition) is 7. The van der Waals surface area contributed by atoms with Crippen LogP contribution in [0.2, 0.25) is 0 Å². The van der Waals surface area contributed by atoms with Crippen molar-refractivity contribution >= 4 is 47.9 Å². The molecule has 4 atom stereocenters. The van der Waals surface area contributed by atoms with Gasteiger partial charge in [-0.1, -0.05) is 74.5 Å². The summed E-state index contributed by atoms with van der Waals surface area (Å²) in [6.45, 7) is 19.2. The molecule has 0 aromatic heterocycles. The molecule has 0 spiro atoms. The molecular weight excluding hydrogens is 903 g/mol. The van der Waals surface area contributed by atoms with Crippen molar-refractivity contribution in [2.24, 2.45) is 5.92 Å². The molecule has 1 aliphatic heterocycles. The minimum Gasteiger partial charge on any atom is -0.480 e. The van der Waals surface area contributed by atoms with E-state index in [9.17, 15) is 43.5 Å². The van der Waals surface area contributed by atoms with Gasteiger partial charge in [-0.3, -0.25) is 19.2 Å². The van der Waals surface area contributed by atoms with Gasteiger partial charge in [-0.05, 0) is 118 Å². The number of likely N-dealkylation sites (tertiary alicyclic amines) is 1. The lowest BCUT2D eigenvalue weighted by Crippen LogP contribution is -2.63. The fourth-order valence-electron chi connectivity index (χ4n) is 7.59. The molecule has 19 nitrogen and oxygen atoms in total. The van der Waals surface area contributed by atoms with E-state index < -0.39 is 94.4 Å². The maximum Gasteiger partial charge on any atom is 0.408 e. The quantitative estimate of drug-likeness (QED) is 0.0557. The zero-order valence-electron chi connectivity index (χ0n) is 42.8. The van der Waals surface area contributed by atoms with Crippen LogP contribution in [-0.2, 0) is 44.6 Å². The second kappa shape index (κ2) is 26.0. The van der Waals surface area contributed by atoms with E-state index in [1.807, 2.05) is 19.9 Å². The van der Waals surface area contributed by atoms with E-state index >= 15 is 0 Å². The Balaban J connectivity index is 1.87. The Labute approximate surface area is 412 Å². The highest BCUT2D eigenvalue weighted by molar-refractivity contribution is 5.95. The third-order valence-electron chi connectivity index (χ3n) is 10.8. The van der Waals surface area contributed by atoms with Gasteiger partial charge in [0.2, 0.25) is 23.6 Å². The molecule has 0 saturated carbocycles. The highest BCUT2D eigenvalue weighted by Crippen LogP contribution is 2.25. The number of hydrogen-bond acceptors (Lipinski definition) is 11. The molecule has 0 radical (unpaired) electrons. The molecule has 7 N–H and O–H groups in total. The zero-order valence-corrected chi connectivity index (χ0v) is 42.8. The summed E-state index contributed by atoms with van der Waals surface area (Å²) < 4.78 is 16.1. The van der Waals surface area contributed by atoms with E-state index in [2.05, 4.69) is 31.9 Å². The van der Waals surface area contributed by atoms with Crippen molar-refractivity contribution in [1.29, 1.82) is 0 Å². The number of carbonyl (C=O) groups is 8. The van der Waals surface area contributed by atoms with Crippen molar-refractivity contribution in [3.05, 3.63) is 71.8 Å². The maximum absolute atomic E-state index is 14.4. The fraction of sp³-hybridized carbons (Fsp3) is 0.608. The van der Waals surface area contributed by atoms with Crippen LogP contribution in [-0.4, -0.2) is 118 Å². The minimum absolute atomic E-state index is 0.0535. The van der Waals surface area contributed by atoms with Gasteiger partial charge in [0.05, 0.1) is 12.5 Å². The molecule has 7 amide bonds. The average Bonchev–Trinajstić information content (AvgIpc) is 3.23. The van der Waals surface area contributed by atoms with Crippen LogP contribution in [0.4, 0.5) is 14.4 Å². The Morgan fingerprint density at radius 2 is 1.16 bits per heavy atom. The molecular formula is C51H77N7O12. The van der Waals surface area contributed by atoms with Gasteiger partial charge < -0.3 is 56.1 Å². The van der Waals surface area contributed by atoms with Gasteiger partial charge in [0.1, 0.15) is 40.5 Å². The third kappa shape index (κ3) is 21.1. The van der Waals surface area contributed by atoms with E-state index in [0.29, 0.717) is 18.4 Å². The lowest BCUT2D eigenvalue weighted by molar-refractivity contribution is -0.150. The Morgan fingerprint density at radius 1 is 0.643 bits per heavy atom. The van der Waals surface area contributed by atoms with Crippen molar-refractivity contribution in [2.45, 2.75) is 174 Å². The molecule has 1 aliphatic rings. The van der Waals surface area contributed by atoms with Gasteiger partial charge in [-0.15, -0.1) is 0 Å². The number of carboxylic acid groups (broad SMARTS) is 1. The number of unbranched alkanes of at least 4 members (excludes halogenated alkanes) is 1. The molecule has 3 rings (SSSR count). The summed E-state index contributed by atoms with van der Waals surface area (Å²) in [5, 5.41) is 26.7. The number of rotatable bonds is 21. The normalized spacial score (nSPS) is 15.5. The molecule has 2 aromatic rings. The molecule has 388 valence electrons. The number of benzene rings is 2. The van der Waals surface area contributed by atoms with Gasteiger partial charge in [-0.25, -0.2) is 19.2 Å². The van der Waals surface area contributed by atoms with Crippen LogP contribution in [0.3, 0.4) is 0 Å². The molecule has 4 unspecified atom stereocenters. The minimum atomic E-state index is -1.71. The first-order valence-corrected chi connectivity index (χ1v) is 24.0. The van der Waals surface area contributed by atoms with Crippen LogP contribution in [0.5, 0.6) is 0 Å². The molecule has 19 heteroatoms. The summed E-state index contributed by atoms with van der Waals surface area (Å²) >= 11 is 0. The van der Waals surface area contributed by atoms with Gasteiger partial charge in [0.15, 0.2) is 0 Å². The van der Waals surface area contributed by atoms with E-state index in [1.54, 1.807) is 117 Å².